The predicted molar refractivity (Wildman–Crippen MR) is 80.1 cm³/mol. The van der Waals surface area contributed by atoms with Crippen molar-refractivity contribution in [3.8, 4) is 6.07 Å². The zero-order chi connectivity index (χ0) is 15.2. The van der Waals surface area contributed by atoms with Crippen molar-refractivity contribution in [1.82, 2.24) is 0 Å². The summed E-state index contributed by atoms with van der Waals surface area (Å²) in [7, 11) is 0. The third-order valence-electron chi connectivity index (χ3n) is 2.56. The molecule has 0 atom stereocenters. The van der Waals surface area contributed by atoms with Crippen LogP contribution in [0.1, 0.15) is 20.8 Å². The highest BCUT2D eigenvalue weighted by molar-refractivity contribution is 7.12. The van der Waals surface area contributed by atoms with Crippen molar-refractivity contribution in [3.05, 3.63) is 57.8 Å². The number of nitrogens with zero attached hydrogens (tertiary/aromatic N) is 1. The molecule has 0 radical (unpaired) electrons. The number of carbonyl (C=O) groups excluding carboxylic acids is 1. The highest BCUT2D eigenvalue weighted by Gasteiger charge is 2.12. The van der Waals surface area contributed by atoms with E-state index in [0.29, 0.717) is 21.7 Å². The lowest BCUT2D eigenvalue weighted by Crippen LogP contribution is -2.11. The van der Waals surface area contributed by atoms with Crippen molar-refractivity contribution < 1.29 is 14.7 Å². The number of nitriles is 1. The van der Waals surface area contributed by atoms with Gasteiger partial charge in [0, 0.05) is 11.8 Å². The average molecular weight is 298 g/mol. The van der Waals surface area contributed by atoms with Crippen molar-refractivity contribution in [3.63, 3.8) is 0 Å². The van der Waals surface area contributed by atoms with Gasteiger partial charge in [-0.05, 0) is 41.3 Å². The first-order chi connectivity index (χ1) is 10.1. The summed E-state index contributed by atoms with van der Waals surface area (Å²) in [6, 6.07) is 10.2. The van der Waals surface area contributed by atoms with Gasteiger partial charge in [-0.3, -0.25) is 4.79 Å². The number of aliphatic carboxylic acids is 1. The smallest absolute Gasteiger partial charge is 0.328 e. The molecule has 0 unspecified atom stereocenters. The zero-order valence-corrected chi connectivity index (χ0v) is 11.6. The average Bonchev–Trinajstić information content (AvgIpc) is 2.93. The summed E-state index contributed by atoms with van der Waals surface area (Å²) in [5.41, 5.74) is 1.50. The lowest BCUT2D eigenvalue weighted by molar-refractivity contribution is -0.131. The molecule has 0 aliphatic rings. The predicted octanol–water partition coefficient (Wildman–Crippen LogP) is 2.97. The van der Waals surface area contributed by atoms with E-state index in [-0.39, 0.29) is 5.91 Å². The molecule has 1 amide bonds. The molecule has 0 saturated heterocycles. The molecule has 2 aromatic rings. The Labute approximate surface area is 124 Å². The van der Waals surface area contributed by atoms with Crippen LogP contribution < -0.4 is 5.32 Å². The van der Waals surface area contributed by atoms with Crippen LogP contribution in [0, 0.1) is 11.3 Å². The van der Waals surface area contributed by atoms with E-state index in [0.717, 1.165) is 6.08 Å². The minimum Gasteiger partial charge on any atom is -0.478 e. The number of benzene rings is 1. The maximum atomic E-state index is 12.2. The van der Waals surface area contributed by atoms with E-state index >= 15 is 0 Å². The van der Waals surface area contributed by atoms with Crippen molar-refractivity contribution >= 4 is 35.0 Å². The fourth-order valence-corrected chi connectivity index (χ4v) is 2.43. The minimum atomic E-state index is -1.07. The molecule has 1 aromatic heterocycles. The second-order valence-corrected chi connectivity index (χ2v) is 4.94. The molecule has 21 heavy (non-hydrogen) atoms. The Morgan fingerprint density at radius 2 is 2.14 bits per heavy atom. The largest absolute Gasteiger partial charge is 0.478 e. The highest BCUT2D eigenvalue weighted by Crippen LogP contribution is 2.20. The number of carbonyl (C=O) groups is 2. The van der Waals surface area contributed by atoms with E-state index in [1.807, 2.05) is 6.07 Å². The Balaban J connectivity index is 2.19. The van der Waals surface area contributed by atoms with Crippen LogP contribution >= 0.6 is 11.3 Å². The van der Waals surface area contributed by atoms with Crippen molar-refractivity contribution in [2.24, 2.45) is 0 Å². The van der Waals surface area contributed by atoms with Crippen LogP contribution in [0.2, 0.25) is 0 Å². The Morgan fingerprint density at radius 3 is 2.86 bits per heavy atom. The van der Waals surface area contributed by atoms with Crippen molar-refractivity contribution in [2.75, 3.05) is 5.32 Å². The third kappa shape index (κ3) is 3.78. The van der Waals surface area contributed by atoms with Gasteiger partial charge < -0.3 is 10.4 Å². The monoisotopic (exact) mass is 298 g/mol. The molecule has 0 aliphatic heterocycles. The molecule has 104 valence electrons. The van der Waals surface area contributed by atoms with E-state index < -0.39 is 5.97 Å². The first-order valence-electron chi connectivity index (χ1n) is 5.90. The van der Waals surface area contributed by atoms with Crippen LogP contribution in [0.15, 0.2) is 41.8 Å². The van der Waals surface area contributed by atoms with E-state index in [4.69, 9.17) is 10.4 Å². The Morgan fingerprint density at radius 1 is 1.33 bits per heavy atom. The van der Waals surface area contributed by atoms with Gasteiger partial charge in [0.25, 0.3) is 5.91 Å². The van der Waals surface area contributed by atoms with Gasteiger partial charge in [-0.2, -0.15) is 5.26 Å². The van der Waals surface area contributed by atoms with Crippen LogP contribution in [0.4, 0.5) is 5.69 Å². The number of nitrogens with one attached hydrogen (secondary N) is 1. The quantitative estimate of drug-likeness (QED) is 0.849. The summed E-state index contributed by atoms with van der Waals surface area (Å²) in [5.74, 6) is -1.42. The molecule has 5 nitrogen and oxygen atoms in total. The number of thiophene rings is 1. The zero-order valence-electron chi connectivity index (χ0n) is 10.7. The molecule has 0 bridgehead atoms. The fraction of sp³-hybridized carbons (Fsp3) is 0. The number of carboxylic acids is 1. The van der Waals surface area contributed by atoms with Gasteiger partial charge in [-0.25, -0.2) is 4.79 Å². The van der Waals surface area contributed by atoms with E-state index in [1.54, 1.807) is 35.7 Å². The number of hydrogen-bond acceptors (Lipinski definition) is 4. The van der Waals surface area contributed by atoms with Crippen LogP contribution in [-0.4, -0.2) is 17.0 Å². The molecule has 0 saturated carbocycles. The number of hydrogen-bond donors (Lipinski definition) is 2. The molecule has 2 N–H and O–H groups in total. The number of carboxylic acid groups (broad SMARTS) is 1. The summed E-state index contributed by atoms with van der Waals surface area (Å²) in [6.45, 7) is 0. The SMILES string of the molecule is N#Cc1cccc(NC(=O)c2sccc2C=CC(=O)O)c1. The Bertz CT molecular complexity index is 756. The number of amides is 1. The molecule has 0 aliphatic carbocycles. The molecule has 0 spiro atoms. The van der Waals surface area contributed by atoms with Crippen molar-refractivity contribution in [1.29, 1.82) is 5.26 Å². The molecule has 0 fully saturated rings. The van der Waals surface area contributed by atoms with E-state index in [2.05, 4.69) is 5.32 Å². The van der Waals surface area contributed by atoms with Gasteiger partial charge in [0.15, 0.2) is 0 Å². The maximum Gasteiger partial charge on any atom is 0.328 e. The van der Waals surface area contributed by atoms with E-state index in [9.17, 15) is 9.59 Å². The van der Waals surface area contributed by atoms with Gasteiger partial charge in [0.05, 0.1) is 16.5 Å². The van der Waals surface area contributed by atoms with Crippen LogP contribution in [-0.2, 0) is 4.79 Å². The second-order valence-electron chi connectivity index (χ2n) is 4.02. The normalized spacial score (nSPS) is 10.2. The van der Waals surface area contributed by atoms with Gasteiger partial charge in [-0.15, -0.1) is 11.3 Å². The summed E-state index contributed by atoms with van der Waals surface area (Å²) >= 11 is 1.22. The van der Waals surface area contributed by atoms with Crippen LogP contribution in [0.5, 0.6) is 0 Å². The van der Waals surface area contributed by atoms with Gasteiger partial charge in [-0.1, -0.05) is 6.07 Å². The topological polar surface area (TPSA) is 90.2 Å². The maximum absolute atomic E-state index is 12.2. The molecule has 2 rings (SSSR count). The molecular formula is C15H10N2O3S. The molecular weight excluding hydrogens is 288 g/mol. The molecule has 6 heteroatoms. The van der Waals surface area contributed by atoms with E-state index in [1.165, 1.54) is 17.4 Å². The lowest BCUT2D eigenvalue weighted by Gasteiger charge is -2.04. The summed E-state index contributed by atoms with van der Waals surface area (Å²) in [6.07, 6.45) is 2.36. The fourth-order valence-electron chi connectivity index (χ4n) is 1.65. The minimum absolute atomic E-state index is 0.342. The summed E-state index contributed by atoms with van der Waals surface area (Å²) < 4.78 is 0. The van der Waals surface area contributed by atoms with Crippen LogP contribution in [0.25, 0.3) is 6.08 Å². The first-order valence-corrected chi connectivity index (χ1v) is 6.78. The van der Waals surface area contributed by atoms with Gasteiger partial charge >= 0.3 is 5.97 Å². The lowest BCUT2D eigenvalue weighted by atomic mass is 10.2. The Kier molecular flexibility index (Phi) is 4.49. The Hall–Kier alpha value is -2.91. The highest BCUT2D eigenvalue weighted by atomic mass is 32.1. The van der Waals surface area contributed by atoms with Gasteiger partial charge in [0.1, 0.15) is 0 Å². The van der Waals surface area contributed by atoms with Crippen molar-refractivity contribution in [2.45, 2.75) is 0 Å². The van der Waals surface area contributed by atoms with Crippen LogP contribution in [0.3, 0.4) is 0 Å². The standard InChI is InChI=1S/C15H10N2O3S/c16-9-10-2-1-3-12(8-10)17-15(20)14-11(6-7-21-14)4-5-13(18)19/h1-8H,(H,17,20)(H,18,19). The summed E-state index contributed by atoms with van der Waals surface area (Å²) in [5, 5.41) is 21.8. The molecule has 1 aromatic carbocycles. The number of rotatable bonds is 4. The third-order valence-corrected chi connectivity index (χ3v) is 3.49. The summed E-state index contributed by atoms with van der Waals surface area (Å²) in [4.78, 5) is 23.1. The van der Waals surface area contributed by atoms with Gasteiger partial charge in [0.2, 0.25) is 0 Å². The molecule has 1 heterocycles. The number of anilines is 1. The first kappa shape index (κ1) is 14.5. The second kappa shape index (κ2) is 6.50.